The molecule has 0 saturated heterocycles. The Morgan fingerprint density at radius 1 is 1.19 bits per heavy atom. The lowest BCUT2D eigenvalue weighted by atomic mass is 10.1. The highest BCUT2D eigenvalue weighted by Gasteiger charge is 2.12. The molecule has 8 heteroatoms. The summed E-state index contributed by atoms with van der Waals surface area (Å²) in [7, 11) is 1.57. The fourth-order valence-corrected chi connectivity index (χ4v) is 2.63. The molecule has 1 N–H and O–H groups in total. The largest absolute Gasteiger partial charge is 0.530 e. The summed E-state index contributed by atoms with van der Waals surface area (Å²) < 4.78 is 12.4. The Bertz CT molecular complexity index is 904. The number of ether oxygens (including phenoxy) is 2. The number of carbonyl (C=O) groups excluding carboxylic acids is 1. The molecule has 2 aromatic heterocycles. The van der Waals surface area contributed by atoms with E-state index in [4.69, 9.17) is 9.47 Å². The first kappa shape index (κ1) is 18.2. The van der Waals surface area contributed by atoms with E-state index < -0.39 is 6.09 Å². The molecular formula is C19H19N4O4-. The lowest BCUT2D eigenvalue weighted by Gasteiger charge is -2.11. The summed E-state index contributed by atoms with van der Waals surface area (Å²) >= 11 is 0. The summed E-state index contributed by atoms with van der Waals surface area (Å²) in [6.45, 7) is 2.38. The molecular weight excluding hydrogens is 348 g/mol. The average Bonchev–Trinajstić information content (AvgIpc) is 3.07. The van der Waals surface area contributed by atoms with E-state index in [9.17, 15) is 9.90 Å². The maximum atomic E-state index is 10.3. The summed E-state index contributed by atoms with van der Waals surface area (Å²) in [5.74, 6) is 1.19. The highest BCUT2D eigenvalue weighted by atomic mass is 16.5. The summed E-state index contributed by atoms with van der Waals surface area (Å²) in [5, 5.41) is 16.9. The number of benzene rings is 1. The van der Waals surface area contributed by atoms with Gasteiger partial charge < -0.3 is 24.7 Å². The maximum Gasteiger partial charge on any atom is 0.213 e. The first-order chi connectivity index (χ1) is 13.1. The van der Waals surface area contributed by atoms with E-state index in [-0.39, 0.29) is 13.2 Å². The highest BCUT2D eigenvalue weighted by Crippen LogP contribution is 2.28. The minimum atomic E-state index is -1.31. The topological polar surface area (TPSA) is 101 Å². The fourth-order valence-electron chi connectivity index (χ4n) is 2.63. The van der Waals surface area contributed by atoms with Crippen LogP contribution in [0.25, 0.3) is 16.9 Å². The number of carbonyl (C=O) groups is 1. The van der Waals surface area contributed by atoms with Crippen LogP contribution in [0.5, 0.6) is 11.6 Å². The van der Waals surface area contributed by atoms with E-state index in [0.717, 1.165) is 22.5 Å². The van der Waals surface area contributed by atoms with E-state index in [1.807, 2.05) is 41.9 Å². The number of pyridine rings is 1. The van der Waals surface area contributed by atoms with Crippen molar-refractivity contribution >= 4 is 6.09 Å². The molecule has 27 heavy (non-hydrogen) atoms. The molecule has 1 amide bonds. The zero-order valence-corrected chi connectivity index (χ0v) is 15.0. The van der Waals surface area contributed by atoms with Crippen LogP contribution in [0, 0.1) is 6.92 Å². The predicted octanol–water partition coefficient (Wildman–Crippen LogP) is 1.56. The van der Waals surface area contributed by atoms with Gasteiger partial charge >= 0.3 is 0 Å². The summed E-state index contributed by atoms with van der Waals surface area (Å²) in [6, 6.07) is 11.2. The molecule has 0 atom stereocenters. The number of rotatable bonds is 7. The van der Waals surface area contributed by atoms with Crippen molar-refractivity contribution in [2.45, 2.75) is 6.92 Å². The number of aromatic nitrogens is 3. The van der Waals surface area contributed by atoms with Crippen molar-refractivity contribution in [2.24, 2.45) is 0 Å². The number of methoxy groups -OCH3 is 1. The van der Waals surface area contributed by atoms with Crippen LogP contribution in [0.4, 0.5) is 4.79 Å². The molecule has 0 aliphatic carbocycles. The third-order valence-electron chi connectivity index (χ3n) is 3.89. The highest BCUT2D eigenvalue weighted by molar-refractivity contribution is 5.66. The van der Waals surface area contributed by atoms with Gasteiger partial charge in [0.1, 0.15) is 18.4 Å². The number of carboxylic acid groups (broad SMARTS) is 1. The Morgan fingerprint density at radius 2 is 1.96 bits per heavy atom. The number of hydrogen-bond donors (Lipinski definition) is 1. The molecule has 0 bridgehead atoms. The zero-order valence-electron chi connectivity index (χ0n) is 15.0. The summed E-state index contributed by atoms with van der Waals surface area (Å²) in [5.41, 5.74) is 3.78. The second-order valence-corrected chi connectivity index (χ2v) is 5.73. The molecule has 0 unspecified atom stereocenters. The minimum absolute atomic E-state index is 0.167. The molecule has 140 valence electrons. The maximum absolute atomic E-state index is 10.3. The Labute approximate surface area is 156 Å². The molecule has 3 aromatic rings. The fraction of sp³-hybridized carbons (Fsp3) is 0.211. The Morgan fingerprint density at radius 3 is 2.59 bits per heavy atom. The van der Waals surface area contributed by atoms with Crippen molar-refractivity contribution in [3.8, 4) is 28.6 Å². The number of amides is 1. The SMILES string of the molecule is COc1ccc(-n2ncc(C)c2-c2ccc(OCCNC(=O)[O-])cc2)cn1. The third kappa shape index (κ3) is 4.35. The monoisotopic (exact) mass is 367 g/mol. The van der Waals surface area contributed by atoms with Gasteiger partial charge in [0, 0.05) is 11.6 Å². The van der Waals surface area contributed by atoms with Gasteiger partial charge in [-0.1, -0.05) is 0 Å². The molecule has 0 aliphatic heterocycles. The molecule has 0 spiro atoms. The van der Waals surface area contributed by atoms with E-state index >= 15 is 0 Å². The Hall–Kier alpha value is -3.55. The van der Waals surface area contributed by atoms with E-state index in [2.05, 4.69) is 15.4 Å². The second-order valence-electron chi connectivity index (χ2n) is 5.73. The number of aryl methyl sites for hydroxylation is 1. The van der Waals surface area contributed by atoms with Crippen LogP contribution in [-0.4, -0.2) is 41.1 Å². The molecule has 0 aliphatic rings. The van der Waals surface area contributed by atoms with Crippen LogP contribution in [0.1, 0.15) is 5.56 Å². The van der Waals surface area contributed by atoms with Gasteiger partial charge in [-0.3, -0.25) is 0 Å². The summed E-state index contributed by atoms with van der Waals surface area (Å²) in [4.78, 5) is 14.5. The third-order valence-corrected chi connectivity index (χ3v) is 3.89. The molecule has 0 saturated carbocycles. The smallest absolute Gasteiger partial charge is 0.213 e. The van der Waals surface area contributed by atoms with Crippen LogP contribution in [-0.2, 0) is 0 Å². The van der Waals surface area contributed by atoms with Crippen LogP contribution >= 0.6 is 0 Å². The quantitative estimate of drug-likeness (QED) is 0.636. The Kier molecular flexibility index (Phi) is 5.55. The van der Waals surface area contributed by atoms with Crippen LogP contribution in [0.2, 0.25) is 0 Å². The van der Waals surface area contributed by atoms with E-state index in [1.165, 1.54) is 0 Å². The van der Waals surface area contributed by atoms with Gasteiger partial charge in [0.25, 0.3) is 0 Å². The van der Waals surface area contributed by atoms with Crippen molar-refractivity contribution in [1.29, 1.82) is 0 Å². The van der Waals surface area contributed by atoms with Gasteiger partial charge in [-0.05, 0) is 42.8 Å². The van der Waals surface area contributed by atoms with Crippen LogP contribution in [0.15, 0.2) is 48.8 Å². The van der Waals surface area contributed by atoms with Gasteiger partial charge in [-0.2, -0.15) is 5.10 Å². The molecule has 0 radical (unpaired) electrons. The van der Waals surface area contributed by atoms with Crippen LogP contribution < -0.4 is 19.9 Å². The van der Waals surface area contributed by atoms with Crippen molar-refractivity contribution < 1.29 is 19.4 Å². The average molecular weight is 367 g/mol. The molecule has 0 fully saturated rings. The molecule has 1 aromatic carbocycles. The molecule has 8 nitrogen and oxygen atoms in total. The number of hydrogen-bond acceptors (Lipinski definition) is 6. The van der Waals surface area contributed by atoms with Gasteiger partial charge in [0.05, 0.1) is 37.4 Å². The van der Waals surface area contributed by atoms with Crippen molar-refractivity contribution in [1.82, 2.24) is 20.1 Å². The van der Waals surface area contributed by atoms with Gasteiger partial charge in [-0.25, -0.2) is 9.67 Å². The Balaban J connectivity index is 1.78. The first-order valence-electron chi connectivity index (χ1n) is 8.31. The number of nitrogens with zero attached hydrogens (tertiary/aromatic N) is 3. The standard InChI is InChI=1S/C19H20N4O4/c1-13-11-22-23(15-5-8-17(26-2)21-12-15)18(13)14-3-6-16(7-4-14)27-10-9-20-19(24)25/h3-8,11-12,20H,9-10H2,1-2H3,(H,24,25)/p-1. The van der Waals surface area contributed by atoms with E-state index in [0.29, 0.717) is 11.6 Å². The second kappa shape index (κ2) is 8.22. The predicted molar refractivity (Wildman–Crippen MR) is 97.0 cm³/mol. The van der Waals surface area contributed by atoms with Crippen molar-refractivity contribution in [2.75, 3.05) is 20.3 Å². The molecule has 2 heterocycles. The van der Waals surface area contributed by atoms with E-state index in [1.54, 1.807) is 25.6 Å². The lowest BCUT2D eigenvalue weighted by Crippen LogP contribution is -2.38. The summed E-state index contributed by atoms with van der Waals surface area (Å²) in [6.07, 6.45) is 2.19. The van der Waals surface area contributed by atoms with Crippen molar-refractivity contribution in [3.05, 3.63) is 54.4 Å². The zero-order chi connectivity index (χ0) is 19.2. The lowest BCUT2D eigenvalue weighted by molar-refractivity contribution is -0.250. The normalized spacial score (nSPS) is 10.4. The van der Waals surface area contributed by atoms with Crippen molar-refractivity contribution in [3.63, 3.8) is 0 Å². The van der Waals surface area contributed by atoms with Gasteiger partial charge in [0.2, 0.25) is 5.88 Å². The first-order valence-corrected chi connectivity index (χ1v) is 8.31. The van der Waals surface area contributed by atoms with Crippen LogP contribution in [0.3, 0.4) is 0 Å². The number of nitrogens with one attached hydrogen (secondary N) is 1. The van der Waals surface area contributed by atoms with Gasteiger partial charge in [-0.15, -0.1) is 0 Å². The molecule has 3 rings (SSSR count). The van der Waals surface area contributed by atoms with Gasteiger partial charge in [0.15, 0.2) is 0 Å². The minimum Gasteiger partial charge on any atom is -0.530 e.